The van der Waals surface area contributed by atoms with Gasteiger partial charge in [-0.2, -0.15) is 0 Å². The van der Waals surface area contributed by atoms with Crippen LogP contribution in [0.15, 0.2) is 6.20 Å². The monoisotopic (exact) mass is 153 g/mol. The average Bonchev–Trinajstić information content (AvgIpc) is 2.01. The maximum Gasteiger partial charge on any atom is 0.171 e. The summed E-state index contributed by atoms with van der Waals surface area (Å²) in [7, 11) is 0. The first kappa shape index (κ1) is 7.85. The first-order chi connectivity index (χ1) is 5.16. The number of carbonyl (C=O) groups is 1. The van der Waals surface area contributed by atoms with Crippen LogP contribution in [0.3, 0.4) is 0 Å². The summed E-state index contributed by atoms with van der Waals surface area (Å²) in [5.41, 5.74) is 1.13. The van der Waals surface area contributed by atoms with Crippen molar-refractivity contribution in [3.8, 4) is 0 Å². The molecule has 0 radical (unpaired) electrons. The third-order valence-corrected chi connectivity index (χ3v) is 1.65. The van der Waals surface area contributed by atoms with Crippen LogP contribution in [0.5, 0.6) is 0 Å². The molecule has 2 nitrogen and oxygen atoms in total. The molecular weight excluding hydrogens is 145 g/mol. The molecule has 0 aliphatic heterocycles. The normalized spacial score (nSPS) is 9.73. The molecule has 0 fully saturated rings. The molecule has 0 amide bonds. The molecule has 0 saturated heterocycles. The third-order valence-electron chi connectivity index (χ3n) is 1.65. The van der Waals surface area contributed by atoms with E-state index in [9.17, 15) is 9.18 Å². The first-order valence-electron chi connectivity index (χ1n) is 3.23. The lowest BCUT2D eigenvalue weighted by Gasteiger charge is -2.00. The Kier molecular flexibility index (Phi) is 1.98. The summed E-state index contributed by atoms with van der Waals surface area (Å²) in [6.45, 7) is 3.37. The van der Waals surface area contributed by atoms with Crippen molar-refractivity contribution in [2.45, 2.75) is 13.8 Å². The second-order valence-electron chi connectivity index (χ2n) is 2.38. The number of carbonyl (C=O) groups excluding carboxylic acids is 1. The number of aldehydes is 1. The summed E-state index contributed by atoms with van der Waals surface area (Å²) >= 11 is 0. The van der Waals surface area contributed by atoms with Gasteiger partial charge in [-0.05, 0) is 25.0 Å². The molecule has 1 rings (SSSR count). The minimum Gasteiger partial charge on any atom is -0.296 e. The van der Waals surface area contributed by atoms with Crippen molar-refractivity contribution in [1.29, 1.82) is 0 Å². The lowest BCUT2D eigenvalue weighted by molar-refractivity contribution is 0.111. The number of hydrogen-bond acceptors (Lipinski definition) is 2. The second kappa shape index (κ2) is 2.78. The van der Waals surface area contributed by atoms with Crippen LogP contribution in [-0.2, 0) is 0 Å². The molecule has 1 aromatic rings. The Morgan fingerprint density at radius 3 is 2.73 bits per heavy atom. The van der Waals surface area contributed by atoms with Gasteiger partial charge in [0.15, 0.2) is 12.1 Å². The van der Waals surface area contributed by atoms with Crippen LogP contribution in [0.2, 0.25) is 0 Å². The van der Waals surface area contributed by atoms with Crippen LogP contribution in [0.1, 0.15) is 21.6 Å². The molecule has 58 valence electrons. The van der Waals surface area contributed by atoms with Gasteiger partial charge in [0.1, 0.15) is 5.69 Å². The van der Waals surface area contributed by atoms with E-state index in [1.165, 1.54) is 6.20 Å². The number of rotatable bonds is 1. The number of nitrogens with zero attached hydrogens (tertiary/aromatic N) is 1. The van der Waals surface area contributed by atoms with Gasteiger partial charge in [0.25, 0.3) is 0 Å². The summed E-state index contributed by atoms with van der Waals surface area (Å²) in [6.07, 6.45) is 1.91. The summed E-state index contributed by atoms with van der Waals surface area (Å²) in [6, 6.07) is 0. The molecule has 0 N–H and O–H groups in total. The molecule has 11 heavy (non-hydrogen) atoms. The zero-order valence-corrected chi connectivity index (χ0v) is 6.39. The van der Waals surface area contributed by atoms with Crippen molar-refractivity contribution in [2.24, 2.45) is 0 Å². The molecule has 0 aliphatic carbocycles. The Labute approximate surface area is 64.1 Å². The number of aromatic nitrogens is 1. The van der Waals surface area contributed by atoms with E-state index in [1.807, 2.05) is 0 Å². The molecule has 0 spiro atoms. The topological polar surface area (TPSA) is 30.0 Å². The van der Waals surface area contributed by atoms with Gasteiger partial charge in [-0.25, -0.2) is 4.39 Å². The number of pyridine rings is 1. The van der Waals surface area contributed by atoms with Gasteiger partial charge in [0.05, 0.1) is 0 Å². The molecule has 1 aromatic heterocycles. The fraction of sp³-hybridized carbons (Fsp3) is 0.250. The Balaban J connectivity index is 3.36. The van der Waals surface area contributed by atoms with Gasteiger partial charge in [-0.3, -0.25) is 9.78 Å². The van der Waals surface area contributed by atoms with Crippen LogP contribution in [0.25, 0.3) is 0 Å². The van der Waals surface area contributed by atoms with Gasteiger partial charge in [-0.1, -0.05) is 0 Å². The summed E-state index contributed by atoms with van der Waals surface area (Å²) in [5.74, 6) is -0.514. The molecule has 3 heteroatoms. The van der Waals surface area contributed by atoms with E-state index < -0.39 is 5.82 Å². The first-order valence-corrected chi connectivity index (χ1v) is 3.23. The predicted octanol–water partition coefficient (Wildman–Crippen LogP) is 1.65. The maximum atomic E-state index is 13.0. The Bertz CT molecular complexity index is 296. The number of hydrogen-bond donors (Lipinski definition) is 0. The standard InChI is InChI=1S/C8H8FNO/c1-5-3-10-7(4-11)8(9)6(5)2/h3-4H,1-2H3. The molecule has 1 heterocycles. The van der Waals surface area contributed by atoms with Crippen LogP contribution in [0, 0.1) is 19.7 Å². The Hall–Kier alpha value is -1.25. The predicted molar refractivity (Wildman–Crippen MR) is 39.1 cm³/mol. The molecule has 0 unspecified atom stereocenters. The Morgan fingerprint density at radius 1 is 1.55 bits per heavy atom. The van der Waals surface area contributed by atoms with Crippen molar-refractivity contribution in [3.05, 3.63) is 28.8 Å². The summed E-state index contributed by atoms with van der Waals surface area (Å²) in [4.78, 5) is 13.8. The fourth-order valence-electron chi connectivity index (χ4n) is 0.767. The SMILES string of the molecule is Cc1cnc(C=O)c(F)c1C. The second-order valence-corrected chi connectivity index (χ2v) is 2.38. The van der Waals surface area contributed by atoms with Gasteiger partial charge in [-0.15, -0.1) is 0 Å². The zero-order chi connectivity index (χ0) is 8.43. The van der Waals surface area contributed by atoms with Crippen LogP contribution in [-0.4, -0.2) is 11.3 Å². The van der Waals surface area contributed by atoms with Crippen LogP contribution >= 0.6 is 0 Å². The van der Waals surface area contributed by atoms with Crippen molar-refractivity contribution in [2.75, 3.05) is 0 Å². The van der Waals surface area contributed by atoms with Gasteiger partial charge >= 0.3 is 0 Å². The average molecular weight is 153 g/mol. The highest BCUT2D eigenvalue weighted by Gasteiger charge is 2.06. The largest absolute Gasteiger partial charge is 0.296 e. The maximum absolute atomic E-state index is 13.0. The van der Waals surface area contributed by atoms with Gasteiger partial charge in [0, 0.05) is 6.20 Å². The van der Waals surface area contributed by atoms with Crippen molar-refractivity contribution in [1.82, 2.24) is 4.98 Å². The van der Waals surface area contributed by atoms with Crippen molar-refractivity contribution < 1.29 is 9.18 Å². The van der Waals surface area contributed by atoms with Crippen LogP contribution in [0.4, 0.5) is 4.39 Å². The highest BCUT2D eigenvalue weighted by atomic mass is 19.1. The Morgan fingerprint density at radius 2 is 2.18 bits per heavy atom. The van der Waals surface area contributed by atoms with Gasteiger partial charge in [0.2, 0.25) is 0 Å². The molecule has 0 atom stereocenters. The molecule has 0 saturated carbocycles. The number of aryl methyl sites for hydroxylation is 1. The van der Waals surface area contributed by atoms with E-state index in [-0.39, 0.29) is 5.69 Å². The molecule has 0 bridgehead atoms. The molecular formula is C8H8FNO. The molecule has 0 aliphatic rings. The van der Waals surface area contributed by atoms with E-state index in [4.69, 9.17) is 0 Å². The third kappa shape index (κ3) is 1.27. The fourth-order valence-corrected chi connectivity index (χ4v) is 0.767. The van der Waals surface area contributed by atoms with Gasteiger partial charge < -0.3 is 0 Å². The van der Waals surface area contributed by atoms with Crippen molar-refractivity contribution >= 4 is 6.29 Å². The number of halogens is 1. The van der Waals surface area contributed by atoms with E-state index in [0.717, 1.165) is 5.56 Å². The van der Waals surface area contributed by atoms with Crippen LogP contribution < -0.4 is 0 Å². The lowest BCUT2D eigenvalue weighted by atomic mass is 10.1. The van der Waals surface area contributed by atoms with E-state index >= 15 is 0 Å². The highest BCUT2D eigenvalue weighted by Crippen LogP contribution is 2.11. The lowest BCUT2D eigenvalue weighted by Crippen LogP contribution is -1.97. The van der Waals surface area contributed by atoms with Crippen molar-refractivity contribution in [3.63, 3.8) is 0 Å². The van der Waals surface area contributed by atoms with E-state index in [2.05, 4.69) is 4.98 Å². The quantitative estimate of drug-likeness (QED) is 0.574. The highest BCUT2D eigenvalue weighted by molar-refractivity contribution is 5.72. The zero-order valence-electron chi connectivity index (χ0n) is 6.39. The summed E-state index contributed by atoms with van der Waals surface area (Å²) in [5, 5.41) is 0. The molecule has 0 aromatic carbocycles. The van der Waals surface area contributed by atoms with E-state index in [1.54, 1.807) is 13.8 Å². The summed E-state index contributed by atoms with van der Waals surface area (Å²) < 4.78 is 13.0. The smallest absolute Gasteiger partial charge is 0.171 e. The minimum absolute atomic E-state index is 0.117. The minimum atomic E-state index is -0.514. The van der Waals surface area contributed by atoms with E-state index in [0.29, 0.717) is 11.8 Å².